The summed E-state index contributed by atoms with van der Waals surface area (Å²) in [6, 6.07) is 3.74. The first-order chi connectivity index (χ1) is 10.5. The number of nitro benzene ring substituents is 1. The zero-order valence-electron chi connectivity index (χ0n) is 11.9. The fourth-order valence-electron chi connectivity index (χ4n) is 1.92. The number of nitrogens with one attached hydrogen (secondary N) is 1. The molecule has 8 heteroatoms. The van der Waals surface area contributed by atoms with Gasteiger partial charge in [0.1, 0.15) is 17.6 Å². The molecule has 0 saturated carbocycles. The van der Waals surface area contributed by atoms with Gasteiger partial charge in [0.2, 0.25) is 5.91 Å². The molecule has 1 aromatic carbocycles. The first-order valence-corrected chi connectivity index (χ1v) is 6.50. The van der Waals surface area contributed by atoms with Gasteiger partial charge in [0.05, 0.1) is 4.92 Å². The average Bonchev–Trinajstić information content (AvgIpc) is 2.46. The van der Waals surface area contributed by atoms with Gasteiger partial charge in [0.25, 0.3) is 5.69 Å². The van der Waals surface area contributed by atoms with Crippen LogP contribution in [0.15, 0.2) is 36.9 Å². The van der Waals surface area contributed by atoms with E-state index in [1.54, 1.807) is 17.3 Å². The molecule has 0 aliphatic carbocycles. The molecule has 0 spiro atoms. The first kappa shape index (κ1) is 15.4. The lowest BCUT2D eigenvalue weighted by Gasteiger charge is -2.21. The van der Waals surface area contributed by atoms with E-state index in [-0.39, 0.29) is 28.7 Å². The zero-order valence-corrected chi connectivity index (χ0v) is 11.9. The van der Waals surface area contributed by atoms with Crippen molar-refractivity contribution in [1.29, 1.82) is 0 Å². The maximum absolute atomic E-state index is 11.1. The minimum atomic E-state index is -0.543. The quantitative estimate of drug-likeness (QED) is 0.631. The van der Waals surface area contributed by atoms with Crippen molar-refractivity contribution in [3.05, 3.63) is 52.5 Å². The smallest absolute Gasteiger partial charge is 0.280 e. The number of hydrogen-bond donors (Lipinski definition) is 2. The van der Waals surface area contributed by atoms with Crippen LogP contribution >= 0.6 is 0 Å². The van der Waals surface area contributed by atoms with E-state index in [1.165, 1.54) is 31.4 Å². The number of carbonyl (C=O) groups is 1. The fraction of sp³-hybridized carbons (Fsp3) is 0.214. The van der Waals surface area contributed by atoms with Gasteiger partial charge in [-0.1, -0.05) is 0 Å². The molecule has 0 saturated heterocycles. The Morgan fingerprint density at radius 3 is 2.95 bits per heavy atom. The van der Waals surface area contributed by atoms with E-state index in [4.69, 9.17) is 4.74 Å². The first-order valence-electron chi connectivity index (χ1n) is 6.50. The Morgan fingerprint density at radius 2 is 2.27 bits per heavy atom. The highest BCUT2D eigenvalue weighted by atomic mass is 16.6. The van der Waals surface area contributed by atoms with Gasteiger partial charge in [-0.3, -0.25) is 14.9 Å². The summed E-state index contributed by atoms with van der Waals surface area (Å²) in [5.41, 5.74) is 0.0139. The van der Waals surface area contributed by atoms with Crippen LogP contribution in [0.4, 0.5) is 5.69 Å². The lowest BCUT2D eigenvalue weighted by molar-refractivity contribution is -0.385. The summed E-state index contributed by atoms with van der Waals surface area (Å²) in [5.74, 6) is 0.0161. The molecule has 1 heterocycles. The minimum absolute atomic E-state index is 0.0931. The molecule has 0 fully saturated rings. The van der Waals surface area contributed by atoms with Gasteiger partial charge >= 0.3 is 0 Å². The summed E-state index contributed by atoms with van der Waals surface area (Å²) in [5, 5.41) is 23.3. The summed E-state index contributed by atoms with van der Waals surface area (Å²) in [6.07, 6.45) is 4.60. The van der Waals surface area contributed by atoms with Crippen molar-refractivity contribution in [2.24, 2.45) is 0 Å². The van der Waals surface area contributed by atoms with E-state index in [9.17, 15) is 20.0 Å². The van der Waals surface area contributed by atoms with Crippen LogP contribution in [-0.2, 0) is 9.53 Å². The van der Waals surface area contributed by atoms with Gasteiger partial charge in [-0.05, 0) is 12.1 Å². The summed E-state index contributed by atoms with van der Waals surface area (Å²) in [6.45, 7) is 2.33. The number of nitro groups is 1. The van der Waals surface area contributed by atoms with E-state index in [0.717, 1.165) is 0 Å². The van der Waals surface area contributed by atoms with Crippen LogP contribution in [0.5, 0.6) is 5.75 Å². The summed E-state index contributed by atoms with van der Waals surface area (Å²) >= 11 is 0. The molecule has 8 nitrogen and oxygen atoms in total. The number of phenolic OH excluding ortho intramolecular Hbond substituents is 1. The van der Waals surface area contributed by atoms with E-state index in [0.29, 0.717) is 13.1 Å². The van der Waals surface area contributed by atoms with E-state index < -0.39 is 4.92 Å². The molecule has 2 rings (SSSR count). The lowest BCUT2D eigenvalue weighted by atomic mass is 10.1. The standard InChI is InChI=1S/C14H15N3O5/c1-10(18)15-4-5-16-6-7-22-14(9-16)12-8-11(19)2-3-13(12)17(20)21/h2-3,6-9,19H,4-5H2,1H3,(H,15,18). The molecule has 22 heavy (non-hydrogen) atoms. The van der Waals surface area contributed by atoms with Crippen molar-refractivity contribution in [1.82, 2.24) is 10.2 Å². The van der Waals surface area contributed by atoms with Crippen LogP contribution in [0, 0.1) is 10.1 Å². The van der Waals surface area contributed by atoms with Crippen molar-refractivity contribution in [2.75, 3.05) is 13.1 Å². The van der Waals surface area contributed by atoms with E-state index >= 15 is 0 Å². The maximum Gasteiger partial charge on any atom is 0.280 e. The molecule has 2 N–H and O–H groups in total. The van der Waals surface area contributed by atoms with Gasteiger partial charge in [0.15, 0.2) is 5.76 Å². The van der Waals surface area contributed by atoms with Crippen molar-refractivity contribution < 1.29 is 19.6 Å². The SMILES string of the molecule is CC(=O)NCCN1C=COC(c2cc(O)ccc2[N+](=O)[O-])=C1. The second-order valence-electron chi connectivity index (χ2n) is 4.58. The number of aromatic hydroxyl groups is 1. The molecule has 1 amide bonds. The highest BCUT2D eigenvalue weighted by molar-refractivity contribution is 5.73. The van der Waals surface area contributed by atoms with Crippen LogP contribution in [0.1, 0.15) is 12.5 Å². The van der Waals surface area contributed by atoms with Crippen molar-refractivity contribution in [3.8, 4) is 5.75 Å². The molecular weight excluding hydrogens is 290 g/mol. The molecule has 0 atom stereocenters. The molecule has 1 aromatic rings. The Balaban J connectivity index is 2.21. The van der Waals surface area contributed by atoms with Crippen LogP contribution in [0.3, 0.4) is 0 Å². The Hall–Kier alpha value is -3.03. The lowest BCUT2D eigenvalue weighted by Crippen LogP contribution is -2.29. The monoisotopic (exact) mass is 305 g/mol. The predicted octanol–water partition coefficient (Wildman–Crippen LogP) is 1.54. The zero-order chi connectivity index (χ0) is 16.1. The summed E-state index contributed by atoms with van der Waals surface area (Å²) in [4.78, 5) is 23.1. The number of ether oxygens (including phenoxy) is 1. The number of nitrogens with zero attached hydrogens (tertiary/aromatic N) is 2. The molecule has 0 bridgehead atoms. The average molecular weight is 305 g/mol. The second kappa shape index (κ2) is 6.61. The highest BCUT2D eigenvalue weighted by Gasteiger charge is 2.21. The maximum atomic E-state index is 11.1. The Morgan fingerprint density at radius 1 is 1.50 bits per heavy atom. The number of benzene rings is 1. The molecule has 0 aromatic heterocycles. The third-order valence-electron chi connectivity index (χ3n) is 2.92. The van der Waals surface area contributed by atoms with Crippen molar-refractivity contribution >= 4 is 17.4 Å². The largest absolute Gasteiger partial charge is 0.508 e. The number of carbonyl (C=O) groups excluding carboxylic acids is 1. The third kappa shape index (κ3) is 3.75. The fourth-order valence-corrected chi connectivity index (χ4v) is 1.92. The Bertz CT molecular complexity index is 654. The van der Waals surface area contributed by atoms with Gasteiger partial charge in [0, 0.05) is 38.5 Å². The van der Waals surface area contributed by atoms with Crippen LogP contribution in [0.25, 0.3) is 5.76 Å². The van der Waals surface area contributed by atoms with Gasteiger partial charge < -0.3 is 20.1 Å². The van der Waals surface area contributed by atoms with Gasteiger partial charge in [-0.15, -0.1) is 0 Å². The van der Waals surface area contributed by atoms with Crippen molar-refractivity contribution in [3.63, 3.8) is 0 Å². The van der Waals surface area contributed by atoms with Crippen molar-refractivity contribution in [2.45, 2.75) is 6.92 Å². The Labute approximate surface area is 126 Å². The summed E-state index contributed by atoms with van der Waals surface area (Å²) < 4.78 is 5.30. The molecule has 1 aliphatic rings. The number of amides is 1. The number of phenols is 1. The summed E-state index contributed by atoms with van der Waals surface area (Å²) in [7, 11) is 0. The van der Waals surface area contributed by atoms with Crippen LogP contribution < -0.4 is 5.32 Å². The second-order valence-corrected chi connectivity index (χ2v) is 4.58. The predicted molar refractivity (Wildman–Crippen MR) is 78.4 cm³/mol. The molecular formula is C14H15N3O5. The normalized spacial score (nSPS) is 13.3. The minimum Gasteiger partial charge on any atom is -0.508 e. The molecule has 116 valence electrons. The molecule has 0 unspecified atom stereocenters. The van der Waals surface area contributed by atoms with Crippen LogP contribution in [0.2, 0.25) is 0 Å². The molecule has 0 radical (unpaired) electrons. The van der Waals surface area contributed by atoms with Gasteiger partial charge in [-0.25, -0.2) is 0 Å². The number of rotatable bonds is 5. The third-order valence-corrected chi connectivity index (χ3v) is 2.92. The highest BCUT2D eigenvalue weighted by Crippen LogP contribution is 2.31. The van der Waals surface area contributed by atoms with E-state index in [2.05, 4.69) is 5.32 Å². The van der Waals surface area contributed by atoms with Crippen LogP contribution in [-0.4, -0.2) is 33.9 Å². The topological polar surface area (TPSA) is 105 Å². The van der Waals surface area contributed by atoms with E-state index in [1.807, 2.05) is 0 Å². The Kier molecular flexibility index (Phi) is 4.62. The van der Waals surface area contributed by atoms with Gasteiger partial charge in [-0.2, -0.15) is 0 Å². The molecule has 1 aliphatic heterocycles. The number of hydrogen-bond acceptors (Lipinski definition) is 6.